The number of imidazole rings is 1. The summed E-state index contributed by atoms with van der Waals surface area (Å²) in [6, 6.07) is 7.10. The molecule has 0 saturated heterocycles. The minimum absolute atomic E-state index is 0.111. The summed E-state index contributed by atoms with van der Waals surface area (Å²) >= 11 is 0. The number of benzene rings is 1. The van der Waals surface area contributed by atoms with Crippen LogP contribution in [0.25, 0.3) is 0 Å². The highest BCUT2D eigenvalue weighted by Gasteiger charge is 2.31. The topological polar surface area (TPSA) is 114 Å². The van der Waals surface area contributed by atoms with Crippen LogP contribution in [0.5, 0.6) is 5.75 Å². The number of hydrogen-bond acceptors (Lipinski definition) is 4. The second-order valence-corrected chi connectivity index (χ2v) is 6.83. The second-order valence-electron chi connectivity index (χ2n) is 6.83. The van der Waals surface area contributed by atoms with Gasteiger partial charge in [-0.2, -0.15) is 0 Å². The van der Waals surface area contributed by atoms with Crippen molar-refractivity contribution >= 4 is 11.8 Å². The first-order valence-electron chi connectivity index (χ1n) is 8.01. The third-order valence-corrected chi connectivity index (χ3v) is 3.86. The molecule has 0 saturated carbocycles. The minimum Gasteiger partial charge on any atom is -0.493 e. The number of hydrogen-bond donors (Lipinski definition) is 3. The van der Waals surface area contributed by atoms with Crippen LogP contribution < -0.4 is 10.5 Å². The van der Waals surface area contributed by atoms with Crippen LogP contribution >= 0.6 is 0 Å². The fourth-order valence-electron chi connectivity index (χ4n) is 2.23. The predicted octanol–water partition coefficient (Wildman–Crippen LogP) is 2.44. The highest BCUT2D eigenvalue weighted by Crippen LogP contribution is 2.27. The van der Waals surface area contributed by atoms with Crippen molar-refractivity contribution in [1.29, 1.82) is 0 Å². The van der Waals surface area contributed by atoms with Gasteiger partial charge in [0.15, 0.2) is 0 Å². The van der Waals surface area contributed by atoms with Crippen LogP contribution in [0.4, 0.5) is 0 Å². The van der Waals surface area contributed by atoms with E-state index in [-0.39, 0.29) is 12.0 Å². The summed E-state index contributed by atoms with van der Waals surface area (Å²) in [7, 11) is 0. The van der Waals surface area contributed by atoms with Crippen molar-refractivity contribution in [2.75, 3.05) is 6.61 Å². The molecule has 0 aliphatic rings. The molecule has 0 aliphatic heterocycles. The van der Waals surface area contributed by atoms with Crippen LogP contribution in [0.2, 0.25) is 0 Å². The molecule has 1 aromatic carbocycles. The molecule has 0 fully saturated rings. The van der Waals surface area contributed by atoms with E-state index in [2.05, 4.69) is 15.0 Å². The third-order valence-electron chi connectivity index (χ3n) is 3.86. The van der Waals surface area contributed by atoms with Crippen molar-refractivity contribution in [3.8, 4) is 5.75 Å². The standard InChI is InChI=1S/C18H24N4O3/c1-18(2,3)14(17(23)24)11-25-13-6-4-12(5-7-13)16(19)22-10-15-20-8-9-21-15/h4-9,14H,10-11H2,1-3H3,(H2,19,22)(H,20,21)(H,23,24)/t14-/m1/s1. The number of aliphatic carboxylic acids is 1. The van der Waals surface area contributed by atoms with Crippen molar-refractivity contribution in [3.05, 3.63) is 48.0 Å². The van der Waals surface area contributed by atoms with Crippen LogP contribution in [0.1, 0.15) is 32.2 Å². The van der Waals surface area contributed by atoms with Gasteiger partial charge in [0.2, 0.25) is 0 Å². The number of carboxylic acid groups (broad SMARTS) is 1. The van der Waals surface area contributed by atoms with Gasteiger partial charge < -0.3 is 20.6 Å². The van der Waals surface area contributed by atoms with Crippen LogP contribution in [0.15, 0.2) is 41.7 Å². The van der Waals surface area contributed by atoms with Gasteiger partial charge in [-0.25, -0.2) is 4.98 Å². The molecule has 0 spiro atoms. The van der Waals surface area contributed by atoms with Gasteiger partial charge in [0.05, 0.1) is 12.5 Å². The molecule has 25 heavy (non-hydrogen) atoms. The van der Waals surface area contributed by atoms with Crippen LogP contribution in [-0.4, -0.2) is 33.5 Å². The Kier molecular flexibility index (Phi) is 5.80. The maximum Gasteiger partial charge on any atom is 0.310 e. The normalized spacial score (nSPS) is 13.5. The molecule has 7 nitrogen and oxygen atoms in total. The maximum atomic E-state index is 11.4. The van der Waals surface area contributed by atoms with E-state index in [0.29, 0.717) is 18.1 Å². The Bertz CT molecular complexity index is 716. The lowest BCUT2D eigenvalue weighted by Crippen LogP contribution is -2.33. The number of nitrogens with zero attached hydrogens (tertiary/aromatic N) is 2. The number of aromatic amines is 1. The Morgan fingerprint density at radius 2 is 2.04 bits per heavy atom. The van der Waals surface area contributed by atoms with E-state index >= 15 is 0 Å². The van der Waals surface area contributed by atoms with Crippen LogP contribution in [-0.2, 0) is 11.3 Å². The zero-order valence-corrected chi connectivity index (χ0v) is 14.7. The average Bonchev–Trinajstić information content (AvgIpc) is 3.05. The molecule has 2 aromatic rings. The lowest BCUT2D eigenvalue weighted by atomic mass is 9.81. The van der Waals surface area contributed by atoms with Gasteiger partial charge in [0.1, 0.15) is 24.0 Å². The first-order chi connectivity index (χ1) is 11.8. The highest BCUT2D eigenvalue weighted by atomic mass is 16.5. The molecule has 0 radical (unpaired) electrons. The van der Waals surface area contributed by atoms with Gasteiger partial charge in [-0.05, 0) is 29.7 Å². The number of aliphatic imine (C=N–C) groups is 1. The summed E-state index contributed by atoms with van der Waals surface area (Å²) in [5, 5.41) is 9.32. The summed E-state index contributed by atoms with van der Waals surface area (Å²) in [5.41, 5.74) is 6.36. The van der Waals surface area contributed by atoms with Crippen molar-refractivity contribution in [2.45, 2.75) is 27.3 Å². The monoisotopic (exact) mass is 344 g/mol. The molecule has 1 heterocycles. The number of carbonyl (C=O) groups is 1. The van der Waals surface area contributed by atoms with Crippen molar-refractivity contribution in [2.24, 2.45) is 22.1 Å². The number of ether oxygens (including phenoxy) is 1. The fraction of sp³-hybridized carbons (Fsp3) is 0.389. The van der Waals surface area contributed by atoms with Gasteiger partial charge in [0.25, 0.3) is 0 Å². The smallest absolute Gasteiger partial charge is 0.310 e. The van der Waals surface area contributed by atoms with Gasteiger partial charge in [-0.3, -0.25) is 9.79 Å². The van der Waals surface area contributed by atoms with E-state index in [1.807, 2.05) is 20.8 Å². The van der Waals surface area contributed by atoms with E-state index in [0.717, 1.165) is 11.4 Å². The molecular formula is C18H24N4O3. The Morgan fingerprint density at radius 1 is 1.36 bits per heavy atom. The lowest BCUT2D eigenvalue weighted by molar-refractivity contribution is -0.146. The number of carboxylic acids is 1. The molecule has 0 amide bonds. The third kappa shape index (κ3) is 5.34. The number of nitrogens with one attached hydrogen (secondary N) is 1. The SMILES string of the molecule is CC(C)(C)[C@H](COc1ccc(C(N)=NCc2ncc[nH]2)cc1)C(=O)O. The first-order valence-corrected chi connectivity index (χ1v) is 8.01. The summed E-state index contributed by atoms with van der Waals surface area (Å²) in [5.74, 6) is 0.287. The largest absolute Gasteiger partial charge is 0.493 e. The van der Waals surface area contributed by atoms with E-state index in [4.69, 9.17) is 10.5 Å². The summed E-state index contributed by atoms with van der Waals surface area (Å²) < 4.78 is 5.63. The molecule has 0 unspecified atom stereocenters. The molecule has 0 aliphatic carbocycles. The molecular weight excluding hydrogens is 320 g/mol. The minimum atomic E-state index is -0.863. The maximum absolute atomic E-state index is 11.4. The van der Waals surface area contributed by atoms with Crippen molar-refractivity contribution in [3.63, 3.8) is 0 Å². The summed E-state index contributed by atoms with van der Waals surface area (Å²) in [6.07, 6.45) is 3.39. The number of H-pyrrole nitrogens is 1. The van der Waals surface area contributed by atoms with Crippen molar-refractivity contribution < 1.29 is 14.6 Å². The molecule has 0 bridgehead atoms. The zero-order valence-electron chi connectivity index (χ0n) is 14.7. The zero-order chi connectivity index (χ0) is 18.4. The van der Waals surface area contributed by atoms with Gasteiger partial charge in [-0.1, -0.05) is 20.8 Å². The van der Waals surface area contributed by atoms with E-state index < -0.39 is 11.9 Å². The first kappa shape index (κ1) is 18.5. The van der Waals surface area contributed by atoms with Gasteiger partial charge in [0, 0.05) is 18.0 Å². The van der Waals surface area contributed by atoms with Crippen LogP contribution in [0.3, 0.4) is 0 Å². The molecule has 1 aromatic heterocycles. The summed E-state index contributed by atoms with van der Waals surface area (Å²) in [6.45, 7) is 6.14. The average molecular weight is 344 g/mol. The Hall–Kier alpha value is -2.83. The molecule has 4 N–H and O–H groups in total. The molecule has 1 atom stereocenters. The molecule has 2 rings (SSSR count). The number of aromatic nitrogens is 2. The fourth-order valence-corrected chi connectivity index (χ4v) is 2.23. The summed E-state index contributed by atoms with van der Waals surface area (Å²) in [4.78, 5) is 22.7. The number of nitrogens with two attached hydrogens (primary N) is 1. The predicted molar refractivity (Wildman–Crippen MR) is 95.5 cm³/mol. The molecule has 7 heteroatoms. The quantitative estimate of drug-likeness (QED) is 0.527. The van der Waals surface area contributed by atoms with Gasteiger partial charge >= 0.3 is 5.97 Å². The lowest BCUT2D eigenvalue weighted by Gasteiger charge is -2.26. The highest BCUT2D eigenvalue weighted by molar-refractivity contribution is 5.97. The van der Waals surface area contributed by atoms with Gasteiger partial charge in [-0.15, -0.1) is 0 Å². The number of amidine groups is 1. The van der Waals surface area contributed by atoms with E-state index in [1.165, 1.54) is 0 Å². The van der Waals surface area contributed by atoms with Crippen LogP contribution in [0, 0.1) is 11.3 Å². The Labute approximate surface area is 147 Å². The Balaban J connectivity index is 1.97. The van der Waals surface area contributed by atoms with E-state index in [1.54, 1.807) is 36.7 Å². The second kappa shape index (κ2) is 7.83. The van der Waals surface area contributed by atoms with E-state index in [9.17, 15) is 9.90 Å². The number of rotatable bonds is 7. The molecule has 134 valence electrons. The van der Waals surface area contributed by atoms with Crippen molar-refractivity contribution in [1.82, 2.24) is 9.97 Å². The Morgan fingerprint density at radius 3 is 2.56 bits per heavy atom.